The minimum absolute atomic E-state index is 0.114. The quantitative estimate of drug-likeness (QED) is 0.671. The molecule has 0 heterocycles. The van der Waals surface area contributed by atoms with Crippen molar-refractivity contribution < 1.29 is 29.6 Å². The average molecular weight is 242 g/mol. The standard InChI is InChI=1S/C11H14O6/c1-3-8(13)17-9-6(11(14)15)4-5-7(12)10(9)16-2/h4-5,8,12-13H,3H2,1-2H3,(H,14,15). The Labute approximate surface area is 98.0 Å². The van der Waals surface area contributed by atoms with Gasteiger partial charge < -0.3 is 24.8 Å². The van der Waals surface area contributed by atoms with Crippen molar-refractivity contribution in [1.29, 1.82) is 0 Å². The Morgan fingerprint density at radius 1 is 1.41 bits per heavy atom. The van der Waals surface area contributed by atoms with Crippen LogP contribution in [0.1, 0.15) is 23.7 Å². The molecule has 0 fully saturated rings. The van der Waals surface area contributed by atoms with E-state index in [-0.39, 0.29) is 29.2 Å². The summed E-state index contributed by atoms with van der Waals surface area (Å²) in [5, 5.41) is 27.8. The number of carbonyl (C=O) groups is 1. The van der Waals surface area contributed by atoms with Crippen molar-refractivity contribution in [2.75, 3.05) is 7.11 Å². The van der Waals surface area contributed by atoms with Crippen LogP contribution in [0.4, 0.5) is 0 Å². The minimum atomic E-state index is -1.23. The van der Waals surface area contributed by atoms with E-state index < -0.39 is 12.3 Å². The van der Waals surface area contributed by atoms with Gasteiger partial charge in [0, 0.05) is 6.42 Å². The van der Waals surface area contributed by atoms with Crippen LogP contribution in [-0.4, -0.2) is 34.7 Å². The molecule has 1 unspecified atom stereocenters. The fraction of sp³-hybridized carbons (Fsp3) is 0.364. The summed E-state index contributed by atoms with van der Waals surface area (Å²) >= 11 is 0. The Morgan fingerprint density at radius 3 is 2.53 bits per heavy atom. The molecule has 0 saturated carbocycles. The normalized spacial score (nSPS) is 11.9. The molecule has 0 spiro atoms. The fourth-order valence-corrected chi connectivity index (χ4v) is 1.25. The second kappa shape index (κ2) is 5.40. The van der Waals surface area contributed by atoms with E-state index in [2.05, 4.69) is 0 Å². The van der Waals surface area contributed by atoms with Crippen LogP contribution in [0, 0.1) is 0 Å². The van der Waals surface area contributed by atoms with Gasteiger partial charge in [0.05, 0.1) is 7.11 Å². The third-order valence-electron chi connectivity index (χ3n) is 2.13. The number of phenolic OH excluding ortho intramolecular Hbond substituents is 1. The van der Waals surface area contributed by atoms with Crippen molar-refractivity contribution in [1.82, 2.24) is 0 Å². The number of aromatic hydroxyl groups is 1. The topological polar surface area (TPSA) is 96.2 Å². The number of ether oxygens (including phenoxy) is 2. The molecule has 1 aromatic rings. The van der Waals surface area contributed by atoms with Gasteiger partial charge in [-0.25, -0.2) is 4.79 Å². The molecule has 1 atom stereocenters. The lowest BCUT2D eigenvalue weighted by molar-refractivity contribution is -0.0215. The summed E-state index contributed by atoms with van der Waals surface area (Å²) in [5.74, 6) is -1.79. The zero-order chi connectivity index (χ0) is 13.0. The van der Waals surface area contributed by atoms with Crippen LogP contribution in [0.25, 0.3) is 0 Å². The molecule has 1 rings (SSSR count). The van der Waals surface area contributed by atoms with Gasteiger partial charge in [0.1, 0.15) is 5.56 Å². The molecule has 6 nitrogen and oxygen atoms in total. The van der Waals surface area contributed by atoms with E-state index in [1.54, 1.807) is 6.92 Å². The molecule has 0 aromatic heterocycles. The van der Waals surface area contributed by atoms with Gasteiger partial charge in [0.15, 0.2) is 17.8 Å². The number of hydrogen-bond acceptors (Lipinski definition) is 5. The highest BCUT2D eigenvalue weighted by Crippen LogP contribution is 2.39. The largest absolute Gasteiger partial charge is 0.504 e. The molecule has 3 N–H and O–H groups in total. The molecule has 0 aliphatic rings. The van der Waals surface area contributed by atoms with Crippen LogP contribution in [0.3, 0.4) is 0 Å². The first-order chi connectivity index (χ1) is 8.01. The number of carboxylic acids is 1. The third kappa shape index (κ3) is 2.79. The van der Waals surface area contributed by atoms with Gasteiger partial charge in [0.2, 0.25) is 5.75 Å². The van der Waals surface area contributed by atoms with E-state index in [9.17, 15) is 15.0 Å². The summed E-state index contributed by atoms with van der Waals surface area (Å²) in [4.78, 5) is 11.0. The van der Waals surface area contributed by atoms with Gasteiger partial charge in [-0.1, -0.05) is 6.92 Å². The predicted octanol–water partition coefficient (Wildman–Crippen LogP) is 1.21. The van der Waals surface area contributed by atoms with Crippen LogP contribution in [-0.2, 0) is 0 Å². The molecule has 0 bridgehead atoms. The molecule has 0 saturated heterocycles. The third-order valence-corrected chi connectivity index (χ3v) is 2.13. The van der Waals surface area contributed by atoms with E-state index in [1.807, 2.05) is 0 Å². The molecule has 17 heavy (non-hydrogen) atoms. The van der Waals surface area contributed by atoms with E-state index >= 15 is 0 Å². The first-order valence-corrected chi connectivity index (χ1v) is 4.99. The Balaban J connectivity index is 3.28. The number of methoxy groups -OCH3 is 1. The Morgan fingerprint density at radius 2 is 2.06 bits per heavy atom. The number of aliphatic hydroxyl groups excluding tert-OH is 1. The molecule has 94 valence electrons. The minimum Gasteiger partial charge on any atom is -0.504 e. The second-order valence-electron chi connectivity index (χ2n) is 3.28. The zero-order valence-corrected chi connectivity index (χ0v) is 9.51. The maximum Gasteiger partial charge on any atom is 0.339 e. The van der Waals surface area contributed by atoms with Gasteiger partial charge in [-0.3, -0.25) is 0 Å². The molecule has 0 aliphatic heterocycles. The van der Waals surface area contributed by atoms with Crippen molar-refractivity contribution in [2.45, 2.75) is 19.6 Å². The van der Waals surface area contributed by atoms with E-state index in [0.29, 0.717) is 0 Å². The lowest BCUT2D eigenvalue weighted by Gasteiger charge is -2.17. The average Bonchev–Trinajstić information content (AvgIpc) is 2.28. The maximum atomic E-state index is 11.0. The molecular weight excluding hydrogens is 228 g/mol. The zero-order valence-electron chi connectivity index (χ0n) is 9.51. The SMILES string of the molecule is CCC(O)Oc1c(C(=O)O)ccc(O)c1OC. The van der Waals surface area contributed by atoms with Crippen LogP contribution in [0.5, 0.6) is 17.2 Å². The fourth-order valence-electron chi connectivity index (χ4n) is 1.25. The van der Waals surface area contributed by atoms with Crippen molar-refractivity contribution in [3.63, 3.8) is 0 Å². The van der Waals surface area contributed by atoms with Gasteiger partial charge >= 0.3 is 5.97 Å². The van der Waals surface area contributed by atoms with Crippen LogP contribution < -0.4 is 9.47 Å². The molecule has 0 radical (unpaired) electrons. The highest BCUT2D eigenvalue weighted by atomic mass is 16.6. The van der Waals surface area contributed by atoms with Crippen molar-refractivity contribution >= 4 is 5.97 Å². The first kappa shape index (κ1) is 13.1. The van der Waals surface area contributed by atoms with Crippen molar-refractivity contribution in [3.8, 4) is 17.2 Å². The summed E-state index contributed by atoms with van der Waals surface area (Å²) in [7, 11) is 1.27. The number of carboxylic acid groups (broad SMARTS) is 1. The van der Waals surface area contributed by atoms with Gasteiger partial charge in [-0.05, 0) is 12.1 Å². The van der Waals surface area contributed by atoms with Crippen molar-refractivity contribution in [2.24, 2.45) is 0 Å². The Hall–Kier alpha value is -1.95. The molecule has 0 amide bonds. The molecule has 1 aromatic carbocycles. The summed E-state index contributed by atoms with van der Waals surface area (Å²) in [5.41, 5.74) is -0.188. The lowest BCUT2D eigenvalue weighted by atomic mass is 10.1. The molecule has 0 aliphatic carbocycles. The Bertz CT molecular complexity index is 415. The van der Waals surface area contributed by atoms with E-state index in [4.69, 9.17) is 14.6 Å². The number of hydrogen-bond donors (Lipinski definition) is 3. The molecule has 6 heteroatoms. The lowest BCUT2D eigenvalue weighted by Crippen LogP contribution is -2.16. The first-order valence-electron chi connectivity index (χ1n) is 4.99. The van der Waals surface area contributed by atoms with Gasteiger partial charge in [-0.15, -0.1) is 0 Å². The summed E-state index contributed by atoms with van der Waals surface area (Å²) in [6.45, 7) is 1.67. The summed E-state index contributed by atoms with van der Waals surface area (Å²) < 4.78 is 9.91. The van der Waals surface area contributed by atoms with Crippen LogP contribution in [0.2, 0.25) is 0 Å². The Kier molecular flexibility index (Phi) is 4.17. The van der Waals surface area contributed by atoms with Crippen LogP contribution >= 0.6 is 0 Å². The maximum absolute atomic E-state index is 11.0. The van der Waals surface area contributed by atoms with Crippen molar-refractivity contribution in [3.05, 3.63) is 17.7 Å². The van der Waals surface area contributed by atoms with Gasteiger partial charge in [0.25, 0.3) is 0 Å². The number of aliphatic hydroxyl groups is 1. The number of rotatable bonds is 5. The summed E-state index contributed by atoms with van der Waals surface area (Å²) in [6.07, 6.45) is -0.887. The smallest absolute Gasteiger partial charge is 0.339 e. The molecular formula is C11H14O6. The van der Waals surface area contributed by atoms with Crippen LogP contribution in [0.15, 0.2) is 12.1 Å². The second-order valence-corrected chi connectivity index (χ2v) is 3.28. The van der Waals surface area contributed by atoms with Gasteiger partial charge in [-0.2, -0.15) is 0 Å². The highest BCUT2D eigenvalue weighted by Gasteiger charge is 2.21. The number of benzene rings is 1. The number of aromatic carboxylic acids is 1. The summed E-state index contributed by atoms with van der Waals surface area (Å²) in [6, 6.07) is 2.37. The van der Waals surface area contributed by atoms with E-state index in [0.717, 1.165) is 0 Å². The van der Waals surface area contributed by atoms with E-state index in [1.165, 1.54) is 19.2 Å². The highest BCUT2D eigenvalue weighted by molar-refractivity contribution is 5.92. The number of phenols is 1. The predicted molar refractivity (Wildman–Crippen MR) is 58.5 cm³/mol. The monoisotopic (exact) mass is 242 g/mol.